The fourth-order valence-electron chi connectivity index (χ4n) is 1.68. The summed E-state index contributed by atoms with van der Waals surface area (Å²) in [6.45, 7) is 5.60. The maximum atomic E-state index is 12.6. The molecule has 106 valence electrons. The molecular formula is C13H20N2O2S2. The quantitative estimate of drug-likeness (QED) is 0.845. The molecule has 0 saturated carbocycles. The number of thiocarbonyl (C=S) groups is 1. The Morgan fingerprint density at radius 2 is 2.05 bits per heavy atom. The van der Waals surface area contributed by atoms with Crippen LogP contribution in [0.5, 0.6) is 0 Å². The fourth-order valence-corrected chi connectivity index (χ4v) is 3.49. The van der Waals surface area contributed by atoms with Gasteiger partial charge in [0.15, 0.2) is 0 Å². The van der Waals surface area contributed by atoms with E-state index in [0.717, 1.165) is 6.42 Å². The Bertz CT molecular complexity index is 582. The molecule has 0 aliphatic heterocycles. The van der Waals surface area contributed by atoms with Crippen LogP contribution in [-0.2, 0) is 10.0 Å². The summed E-state index contributed by atoms with van der Waals surface area (Å²) in [5, 5.41) is 0. The molecular weight excluding hydrogens is 280 g/mol. The van der Waals surface area contributed by atoms with E-state index in [-0.39, 0.29) is 15.9 Å². The van der Waals surface area contributed by atoms with Crippen molar-refractivity contribution in [2.24, 2.45) is 5.73 Å². The summed E-state index contributed by atoms with van der Waals surface area (Å²) in [5.41, 5.74) is 6.82. The zero-order valence-corrected chi connectivity index (χ0v) is 13.3. The zero-order chi connectivity index (χ0) is 14.8. The average molecular weight is 300 g/mol. The van der Waals surface area contributed by atoms with Crippen LogP contribution in [0.15, 0.2) is 23.1 Å². The second-order valence-corrected chi connectivity index (χ2v) is 7.03. The van der Waals surface area contributed by atoms with Gasteiger partial charge in [-0.3, -0.25) is 0 Å². The van der Waals surface area contributed by atoms with Crippen LogP contribution in [-0.4, -0.2) is 30.8 Å². The summed E-state index contributed by atoms with van der Waals surface area (Å²) < 4.78 is 26.5. The summed E-state index contributed by atoms with van der Waals surface area (Å²) in [4.78, 5) is 0.461. The predicted molar refractivity (Wildman–Crippen MR) is 81.8 cm³/mol. The maximum absolute atomic E-state index is 12.6. The van der Waals surface area contributed by atoms with Crippen LogP contribution in [0, 0.1) is 6.92 Å². The van der Waals surface area contributed by atoms with Crippen molar-refractivity contribution in [3.05, 3.63) is 29.3 Å². The standard InChI is InChI=1S/C13H20N2O2S2/c1-5-10(3)15(4)19(16,17)12-8-11(13(14)18)7-6-9(12)2/h6-8,10H,5H2,1-4H3,(H2,14,18). The Kier molecular flexibility index (Phi) is 5.06. The van der Waals surface area contributed by atoms with Crippen molar-refractivity contribution < 1.29 is 8.42 Å². The first-order chi connectivity index (χ1) is 8.71. The van der Waals surface area contributed by atoms with Gasteiger partial charge < -0.3 is 5.73 Å². The van der Waals surface area contributed by atoms with Gasteiger partial charge in [0.05, 0.1) is 4.90 Å². The van der Waals surface area contributed by atoms with Crippen molar-refractivity contribution >= 4 is 27.2 Å². The third-order valence-electron chi connectivity index (χ3n) is 3.34. The van der Waals surface area contributed by atoms with Crippen molar-refractivity contribution in [1.29, 1.82) is 0 Å². The van der Waals surface area contributed by atoms with Crippen molar-refractivity contribution in [1.82, 2.24) is 4.31 Å². The van der Waals surface area contributed by atoms with E-state index in [2.05, 4.69) is 0 Å². The van der Waals surface area contributed by atoms with Gasteiger partial charge in [-0.25, -0.2) is 8.42 Å². The van der Waals surface area contributed by atoms with E-state index in [1.165, 1.54) is 4.31 Å². The van der Waals surface area contributed by atoms with E-state index in [4.69, 9.17) is 18.0 Å². The van der Waals surface area contributed by atoms with Gasteiger partial charge in [-0.15, -0.1) is 0 Å². The van der Waals surface area contributed by atoms with Crippen LogP contribution in [0.1, 0.15) is 31.4 Å². The van der Waals surface area contributed by atoms with Crippen LogP contribution in [0.3, 0.4) is 0 Å². The predicted octanol–water partition coefficient (Wildman–Crippen LogP) is 2.05. The largest absolute Gasteiger partial charge is 0.389 e. The molecule has 0 amide bonds. The average Bonchev–Trinajstić information content (AvgIpc) is 2.36. The maximum Gasteiger partial charge on any atom is 0.243 e. The fraction of sp³-hybridized carbons (Fsp3) is 0.462. The van der Waals surface area contributed by atoms with E-state index in [9.17, 15) is 8.42 Å². The minimum atomic E-state index is -3.52. The number of sulfonamides is 1. The van der Waals surface area contributed by atoms with Crippen molar-refractivity contribution in [2.75, 3.05) is 7.05 Å². The molecule has 1 rings (SSSR count). The molecule has 0 bridgehead atoms. The van der Waals surface area contributed by atoms with Gasteiger partial charge in [0, 0.05) is 18.7 Å². The number of benzene rings is 1. The Morgan fingerprint density at radius 3 is 2.53 bits per heavy atom. The Hall–Kier alpha value is -0.980. The molecule has 19 heavy (non-hydrogen) atoms. The first-order valence-corrected chi connectivity index (χ1v) is 7.95. The van der Waals surface area contributed by atoms with E-state index in [1.807, 2.05) is 13.8 Å². The number of hydrogen-bond acceptors (Lipinski definition) is 3. The lowest BCUT2D eigenvalue weighted by Gasteiger charge is -2.24. The minimum absolute atomic E-state index is 0.0575. The molecule has 0 fully saturated rings. The number of hydrogen-bond donors (Lipinski definition) is 1. The third-order valence-corrected chi connectivity index (χ3v) is 5.69. The van der Waals surface area contributed by atoms with Crippen molar-refractivity contribution in [2.45, 2.75) is 38.1 Å². The highest BCUT2D eigenvalue weighted by atomic mass is 32.2. The lowest BCUT2D eigenvalue weighted by atomic mass is 10.1. The zero-order valence-electron chi connectivity index (χ0n) is 11.7. The van der Waals surface area contributed by atoms with E-state index in [0.29, 0.717) is 11.1 Å². The first-order valence-electron chi connectivity index (χ1n) is 6.10. The molecule has 1 aromatic rings. The van der Waals surface area contributed by atoms with Gasteiger partial charge in [-0.05, 0) is 31.9 Å². The van der Waals surface area contributed by atoms with E-state index < -0.39 is 10.0 Å². The summed E-state index contributed by atoms with van der Waals surface area (Å²) in [6, 6.07) is 4.95. The van der Waals surface area contributed by atoms with Crippen molar-refractivity contribution in [3.8, 4) is 0 Å². The Balaban J connectivity index is 3.36. The number of aryl methyl sites for hydroxylation is 1. The monoisotopic (exact) mass is 300 g/mol. The molecule has 0 heterocycles. The highest BCUT2D eigenvalue weighted by molar-refractivity contribution is 7.89. The molecule has 0 saturated heterocycles. The molecule has 4 nitrogen and oxygen atoms in total. The second-order valence-electron chi connectivity index (χ2n) is 4.62. The van der Waals surface area contributed by atoms with Crippen LogP contribution in [0.2, 0.25) is 0 Å². The van der Waals surface area contributed by atoms with Gasteiger partial charge in [-0.2, -0.15) is 4.31 Å². The van der Waals surface area contributed by atoms with Crippen LogP contribution in [0.25, 0.3) is 0 Å². The number of nitrogens with zero attached hydrogens (tertiary/aromatic N) is 1. The molecule has 0 aliphatic rings. The molecule has 0 aromatic heterocycles. The second kappa shape index (κ2) is 5.98. The number of nitrogens with two attached hydrogens (primary N) is 1. The summed E-state index contributed by atoms with van der Waals surface area (Å²) in [7, 11) is -1.93. The van der Waals surface area contributed by atoms with Gasteiger partial charge in [0.2, 0.25) is 10.0 Å². The Labute approximate surface area is 120 Å². The van der Waals surface area contributed by atoms with Crippen LogP contribution in [0.4, 0.5) is 0 Å². The lowest BCUT2D eigenvalue weighted by molar-refractivity contribution is 0.380. The van der Waals surface area contributed by atoms with Gasteiger partial charge >= 0.3 is 0 Å². The van der Waals surface area contributed by atoms with E-state index in [1.54, 1.807) is 32.2 Å². The topological polar surface area (TPSA) is 63.4 Å². The SMILES string of the molecule is CCC(C)N(C)S(=O)(=O)c1cc(C(N)=S)ccc1C. The van der Waals surface area contributed by atoms with Crippen LogP contribution < -0.4 is 5.73 Å². The number of rotatable bonds is 5. The van der Waals surface area contributed by atoms with Crippen LogP contribution >= 0.6 is 12.2 Å². The molecule has 0 spiro atoms. The lowest BCUT2D eigenvalue weighted by Crippen LogP contribution is -2.35. The Morgan fingerprint density at radius 1 is 1.47 bits per heavy atom. The molecule has 1 atom stereocenters. The molecule has 2 N–H and O–H groups in total. The molecule has 1 aromatic carbocycles. The molecule has 6 heteroatoms. The molecule has 0 aliphatic carbocycles. The normalized spacial score (nSPS) is 13.5. The van der Waals surface area contributed by atoms with Crippen molar-refractivity contribution in [3.63, 3.8) is 0 Å². The molecule has 1 unspecified atom stereocenters. The smallest absolute Gasteiger partial charge is 0.243 e. The summed E-state index contributed by atoms with van der Waals surface area (Å²) in [5.74, 6) is 0. The summed E-state index contributed by atoms with van der Waals surface area (Å²) in [6.07, 6.45) is 0.754. The van der Waals surface area contributed by atoms with E-state index >= 15 is 0 Å². The summed E-state index contributed by atoms with van der Waals surface area (Å²) >= 11 is 4.90. The highest BCUT2D eigenvalue weighted by Crippen LogP contribution is 2.22. The third kappa shape index (κ3) is 3.32. The first kappa shape index (κ1) is 16.1. The highest BCUT2D eigenvalue weighted by Gasteiger charge is 2.26. The van der Waals surface area contributed by atoms with Gasteiger partial charge in [-0.1, -0.05) is 31.3 Å². The van der Waals surface area contributed by atoms with Gasteiger partial charge in [0.25, 0.3) is 0 Å². The molecule has 0 radical (unpaired) electrons. The van der Waals surface area contributed by atoms with Gasteiger partial charge in [0.1, 0.15) is 4.99 Å². The minimum Gasteiger partial charge on any atom is -0.389 e.